The average Bonchev–Trinajstić information content (AvgIpc) is 2.66. The summed E-state index contributed by atoms with van der Waals surface area (Å²) in [5, 5.41) is 0. The summed E-state index contributed by atoms with van der Waals surface area (Å²) in [4.78, 5) is 0. The first kappa shape index (κ1) is 15.9. The van der Waals surface area contributed by atoms with E-state index in [4.69, 9.17) is 18.8 Å². The zero-order valence-corrected chi connectivity index (χ0v) is 13.6. The molecule has 1 aliphatic rings. The second-order valence-electron chi connectivity index (χ2n) is 6.21. The highest BCUT2D eigenvalue weighted by Crippen LogP contribution is 2.40. The van der Waals surface area contributed by atoms with Gasteiger partial charge in [0.25, 0.3) is 0 Å². The van der Waals surface area contributed by atoms with Crippen molar-refractivity contribution in [1.82, 2.24) is 0 Å². The van der Waals surface area contributed by atoms with Gasteiger partial charge in [0.2, 0.25) is 0 Å². The van der Waals surface area contributed by atoms with Gasteiger partial charge in [-0.25, -0.2) is 0 Å². The minimum Gasteiger partial charge on any atom is -0.497 e. The largest absolute Gasteiger partial charge is 0.497 e. The Hall–Kier alpha value is -1.46. The topological polar surface area (TPSA) is 36.9 Å². The predicted molar refractivity (Wildman–Crippen MR) is 84.7 cm³/mol. The van der Waals surface area contributed by atoms with E-state index in [1.165, 1.54) is 0 Å². The Morgan fingerprint density at radius 1 is 0.952 bits per heavy atom. The van der Waals surface area contributed by atoms with Crippen molar-refractivity contribution >= 4 is 12.6 Å². The third-order valence-electron chi connectivity index (χ3n) is 4.26. The second-order valence-corrected chi connectivity index (χ2v) is 6.21. The van der Waals surface area contributed by atoms with Crippen LogP contribution in [0, 0.1) is 0 Å². The van der Waals surface area contributed by atoms with Gasteiger partial charge in [0.1, 0.15) is 11.5 Å². The molecular formula is C16H23BO4. The highest BCUT2D eigenvalue weighted by atomic mass is 16.7. The maximum Gasteiger partial charge on any atom is 0.494 e. The first-order valence-electron chi connectivity index (χ1n) is 6.98. The van der Waals surface area contributed by atoms with Crippen LogP contribution < -0.4 is 9.47 Å². The van der Waals surface area contributed by atoms with Crippen molar-refractivity contribution < 1.29 is 18.8 Å². The highest BCUT2D eigenvalue weighted by Gasteiger charge is 2.52. The Labute approximate surface area is 127 Å². The van der Waals surface area contributed by atoms with Gasteiger partial charge in [-0.1, -0.05) is 6.58 Å². The Balaban J connectivity index is 2.29. The maximum absolute atomic E-state index is 6.02. The number of benzene rings is 1. The molecule has 0 aromatic heterocycles. The van der Waals surface area contributed by atoms with E-state index in [2.05, 4.69) is 6.58 Å². The molecule has 114 valence electrons. The van der Waals surface area contributed by atoms with Gasteiger partial charge in [-0.2, -0.15) is 0 Å². The molecule has 0 bridgehead atoms. The minimum atomic E-state index is -0.480. The first-order chi connectivity index (χ1) is 9.70. The van der Waals surface area contributed by atoms with Crippen LogP contribution >= 0.6 is 0 Å². The van der Waals surface area contributed by atoms with Gasteiger partial charge in [-0.3, -0.25) is 0 Å². The van der Waals surface area contributed by atoms with E-state index in [0.29, 0.717) is 11.5 Å². The predicted octanol–water partition coefficient (Wildman–Crippen LogP) is 3.35. The van der Waals surface area contributed by atoms with Crippen LogP contribution in [0.5, 0.6) is 11.5 Å². The summed E-state index contributed by atoms with van der Waals surface area (Å²) in [6.07, 6.45) is 0. The Bertz CT molecular complexity index is 513. The fourth-order valence-corrected chi connectivity index (χ4v) is 2.11. The molecule has 21 heavy (non-hydrogen) atoms. The molecule has 0 saturated carbocycles. The lowest BCUT2D eigenvalue weighted by molar-refractivity contribution is 0.00578. The van der Waals surface area contributed by atoms with Crippen LogP contribution in [0.15, 0.2) is 24.8 Å². The van der Waals surface area contributed by atoms with E-state index in [0.717, 1.165) is 11.0 Å². The molecule has 4 nitrogen and oxygen atoms in total. The number of methoxy groups -OCH3 is 2. The molecule has 0 spiro atoms. The molecule has 1 fully saturated rings. The molecule has 0 unspecified atom stereocenters. The van der Waals surface area contributed by atoms with Crippen LogP contribution in [0.4, 0.5) is 0 Å². The Morgan fingerprint density at radius 2 is 1.38 bits per heavy atom. The van der Waals surface area contributed by atoms with Crippen molar-refractivity contribution in [3.63, 3.8) is 0 Å². The van der Waals surface area contributed by atoms with Gasteiger partial charge < -0.3 is 18.8 Å². The van der Waals surface area contributed by atoms with Crippen LogP contribution in [-0.4, -0.2) is 32.5 Å². The molecule has 1 heterocycles. The SMILES string of the molecule is C=C(B1OC(C)(C)C(C)(C)O1)c1cc(OC)cc(OC)c1. The summed E-state index contributed by atoms with van der Waals surface area (Å²) < 4.78 is 22.6. The van der Waals surface area contributed by atoms with Crippen molar-refractivity contribution in [3.8, 4) is 11.5 Å². The molecule has 1 aromatic carbocycles. The summed E-state index contributed by atoms with van der Waals surface area (Å²) in [6.45, 7) is 12.2. The zero-order valence-electron chi connectivity index (χ0n) is 13.6. The lowest BCUT2D eigenvalue weighted by Crippen LogP contribution is -2.41. The Morgan fingerprint density at radius 3 is 1.76 bits per heavy atom. The van der Waals surface area contributed by atoms with Crippen LogP contribution in [0.1, 0.15) is 33.3 Å². The number of hydrogen-bond donors (Lipinski definition) is 0. The van der Waals surface area contributed by atoms with E-state index < -0.39 is 7.12 Å². The molecule has 0 atom stereocenters. The summed E-state index contributed by atoms with van der Waals surface area (Å²) in [5.74, 6) is 1.42. The van der Waals surface area contributed by atoms with E-state index in [9.17, 15) is 0 Å². The van der Waals surface area contributed by atoms with Gasteiger partial charge in [0.15, 0.2) is 0 Å². The first-order valence-corrected chi connectivity index (χ1v) is 6.98. The summed E-state index contributed by atoms with van der Waals surface area (Å²) in [5.41, 5.74) is 0.864. The van der Waals surface area contributed by atoms with Crippen molar-refractivity contribution in [2.45, 2.75) is 38.9 Å². The van der Waals surface area contributed by atoms with Crippen LogP contribution in [0.2, 0.25) is 0 Å². The number of ether oxygens (including phenoxy) is 2. The summed E-state index contributed by atoms with van der Waals surface area (Å²) >= 11 is 0. The molecule has 0 amide bonds. The van der Waals surface area contributed by atoms with Gasteiger partial charge in [-0.15, -0.1) is 0 Å². The van der Waals surface area contributed by atoms with Crippen molar-refractivity contribution in [1.29, 1.82) is 0 Å². The minimum absolute atomic E-state index is 0.385. The van der Waals surface area contributed by atoms with E-state index in [-0.39, 0.29) is 11.2 Å². The average molecular weight is 290 g/mol. The molecule has 1 aliphatic heterocycles. The fraction of sp³-hybridized carbons (Fsp3) is 0.500. The van der Waals surface area contributed by atoms with Crippen LogP contribution in [-0.2, 0) is 9.31 Å². The smallest absolute Gasteiger partial charge is 0.494 e. The van der Waals surface area contributed by atoms with Crippen LogP contribution in [0.3, 0.4) is 0 Å². The van der Waals surface area contributed by atoms with Crippen LogP contribution in [0.25, 0.3) is 5.47 Å². The third kappa shape index (κ3) is 2.94. The van der Waals surface area contributed by atoms with Crippen molar-refractivity contribution in [2.75, 3.05) is 14.2 Å². The quantitative estimate of drug-likeness (QED) is 0.797. The zero-order chi connectivity index (χ0) is 15.8. The molecule has 1 saturated heterocycles. The van der Waals surface area contributed by atoms with Crippen molar-refractivity contribution in [3.05, 3.63) is 30.3 Å². The van der Waals surface area contributed by atoms with Gasteiger partial charge in [0, 0.05) is 6.07 Å². The third-order valence-corrected chi connectivity index (χ3v) is 4.26. The molecule has 0 N–H and O–H groups in total. The normalized spacial score (nSPS) is 19.4. The molecule has 1 aromatic rings. The molecular weight excluding hydrogens is 267 g/mol. The number of rotatable bonds is 4. The lowest BCUT2D eigenvalue weighted by Gasteiger charge is -2.32. The summed E-state index contributed by atoms with van der Waals surface area (Å²) in [6, 6.07) is 5.62. The van der Waals surface area contributed by atoms with E-state index in [1.807, 2.05) is 45.9 Å². The summed E-state index contributed by atoms with van der Waals surface area (Å²) in [7, 11) is 2.76. The van der Waals surface area contributed by atoms with E-state index in [1.54, 1.807) is 14.2 Å². The van der Waals surface area contributed by atoms with E-state index >= 15 is 0 Å². The molecule has 0 radical (unpaired) electrons. The number of hydrogen-bond acceptors (Lipinski definition) is 4. The molecule has 5 heteroatoms. The molecule has 0 aliphatic carbocycles. The second kappa shape index (κ2) is 5.39. The van der Waals surface area contributed by atoms with Gasteiger partial charge >= 0.3 is 7.12 Å². The lowest BCUT2D eigenvalue weighted by atomic mass is 9.75. The van der Waals surface area contributed by atoms with Crippen molar-refractivity contribution in [2.24, 2.45) is 0 Å². The Kier molecular flexibility index (Phi) is 4.09. The standard InChI is InChI=1S/C16H23BO4/c1-11(17-20-15(2,3)16(4,5)21-17)12-8-13(18-6)10-14(9-12)19-7/h8-10H,1H2,2-7H3. The highest BCUT2D eigenvalue weighted by molar-refractivity contribution is 6.68. The van der Waals surface area contributed by atoms with Gasteiger partial charge in [0.05, 0.1) is 25.4 Å². The molecule has 2 rings (SSSR count). The monoisotopic (exact) mass is 290 g/mol. The fourth-order valence-electron chi connectivity index (χ4n) is 2.11. The van der Waals surface area contributed by atoms with Gasteiger partial charge in [-0.05, 0) is 50.9 Å². The maximum atomic E-state index is 6.02.